The number of ether oxygens (including phenoxy) is 1. The van der Waals surface area contributed by atoms with Crippen LogP contribution < -0.4 is 4.74 Å². The largest absolute Gasteiger partial charge is 0.423 e. The molecule has 0 heterocycles. The Morgan fingerprint density at radius 3 is 1.59 bits per heavy atom. The van der Waals surface area contributed by atoms with Gasteiger partial charge in [0.2, 0.25) is 0 Å². The highest BCUT2D eigenvalue weighted by Crippen LogP contribution is 2.22. The van der Waals surface area contributed by atoms with Crippen molar-refractivity contribution in [1.29, 1.82) is 0 Å². The smallest absolute Gasteiger partial charge is 0.343 e. The lowest BCUT2D eigenvalue weighted by Crippen LogP contribution is -2.08. The van der Waals surface area contributed by atoms with Crippen molar-refractivity contribution in [3.8, 4) is 16.9 Å². The molecule has 27 heavy (non-hydrogen) atoms. The van der Waals surface area contributed by atoms with Crippen molar-refractivity contribution in [2.45, 2.75) is 39.5 Å². The molecule has 0 saturated carbocycles. The molecule has 3 aromatic carbocycles. The fraction of sp³-hybridized carbons (Fsp3) is 0.240. The summed E-state index contributed by atoms with van der Waals surface area (Å²) in [7, 11) is 0. The molecule has 0 fully saturated rings. The first-order valence-electron chi connectivity index (χ1n) is 9.70. The fourth-order valence-corrected chi connectivity index (χ4v) is 3.13. The third-order valence-corrected chi connectivity index (χ3v) is 4.62. The Kier molecular flexibility index (Phi) is 6.43. The first-order chi connectivity index (χ1) is 13.2. The predicted octanol–water partition coefficient (Wildman–Crippen LogP) is 6.48. The van der Waals surface area contributed by atoms with Gasteiger partial charge in [-0.1, -0.05) is 75.2 Å². The first-order valence-corrected chi connectivity index (χ1v) is 9.70. The highest BCUT2D eigenvalue weighted by molar-refractivity contribution is 5.91. The minimum Gasteiger partial charge on any atom is -0.423 e. The van der Waals surface area contributed by atoms with Gasteiger partial charge >= 0.3 is 5.97 Å². The third kappa shape index (κ3) is 5.07. The van der Waals surface area contributed by atoms with Gasteiger partial charge in [0.1, 0.15) is 5.75 Å². The molecular weight excluding hydrogens is 332 g/mol. The summed E-state index contributed by atoms with van der Waals surface area (Å²) in [5.74, 6) is 0.249. The lowest BCUT2D eigenvalue weighted by molar-refractivity contribution is 0.0735. The lowest BCUT2D eigenvalue weighted by atomic mass is 10.0. The van der Waals surface area contributed by atoms with Crippen molar-refractivity contribution in [2.24, 2.45) is 0 Å². The molecule has 0 radical (unpaired) electrons. The van der Waals surface area contributed by atoms with Crippen LogP contribution in [0, 0.1) is 0 Å². The van der Waals surface area contributed by atoms with E-state index < -0.39 is 0 Å². The van der Waals surface area contributed by atoms with Gasteiger partial charge in [-0.25, -0.2) is 4.79 Å². The van der Waals surface area contributed by atoms with Gasteiger partial charge in [0.25, 0.3) is 0 Å². The molecule has 0 aliphatic rings. The maximum Gasteiger partial charge on any atom is 0.343 e. The number of hydrogen-bond acceptors (Lipinski definition) is 2. The van der Waals surface area contributed by atoms with Crippen LogP contribution in [0.1, 0.15) is 48.2 Å². The summed E-state index contributed by atoms with van der Waals surface area (Å²) in [6.07, 6.45) is 4.39. The van der Waals surface area contributed by atoms with Crippen LogP contribution in [0.2, 0.25) is 0 Å². The number of carbonyl (C=O) groups is 1. The maximum atomic E-state index is 12.4. The monoisotopic (exact) mass is 358 g/mol. The van der Waals surface area contributed by atoms with Crippen molar-refractivity contribution in [3.63, 3.8) is 0 Å². The number of hydrogen-bond donors (Lipinski definition) is 0. The van der Waals surface area contributed by atoms with Crippen LogP contribution >= 0.6 is 0 Å². The zero-order valence-corrected chi connectivity index (χ0v) is 16.1. The van der Waals surface area contributed by atoms with Crippen LogP contribution in [0.3, 0.4) is 0 Å². The summed E-state index contributed by atoms with van der Waals surface area (Å²) in [5, 5.41) is 0. The normalized spacial score (nSPS) is 10.6. The number of carbonyl (C=O) groups excluding carboxylic acids is 1. The van der Waals surface area contributed by atoms with E-state index in [1.807, 2.05) is 48.5 Å². The summed E-state index contributed by atoms with van der Waals surface area (Å²) < 4.78 is 5.48. The van der Waals surface area contributed by atoms with E-state index in [-0.39, 0.29) is 5.97 Å². The summed E-state index contributed by atoms with van der Waals surface area (Å²) >= 11 is 0. The van der Waals surface area contributed by atoms with Gasteiger partial charge in [0.05, 0.1) is 5.56 Å². The molecule has 0 saturated heterocycles. The molecule has 0 aliphatic heterocycles. The molecule has 0 unspecified atom stereocenters. The second-order valence-corrected chi connectivity index (χ2v) is 6.81. The SMILES string of the molecule is CCCc1ccc(OC(=O)c2ccc(-c3ccc(CCC)cc3)cc2)cc1. The van der Waals surface area contributed by atoms with Crippen molar-refractivity contribution in [1.82, 2.24) is 0 Å². The Balaban J connectivity index is 1.66. The van der Waals surface area contributed by atoms with Gasteiger partial charge in [-0.15, -0.1) is 0 Å². The van der Waals surface area contributed by atoms with Crippen LogP contribution in [-0.2, 0) is 12.8 Å². The predicted molar refractivity (Wildman–Crippen MR) is 111 cm³/mol. The molecule has 2 heteroatoms. The standard InChI is InChI=1S/C25H26O2/c1-3-5-19-7-11-21(12-8-19)22-13-15-23(16-14-22)25(26)27-24-17-9-20(6-4-2)10-18-24/h7-18H,3-6H2,1-2H3. The van der Waals surface area contributed by atoms with Crippen LogP contribution in [0.5, 0.6) is 5.75 Å². The zero-order chi connectivity index (χ0) is 19.1. The van der Waals surface area contributed by atoms with E-state index in [0.29, 0.717) is 11.3 Å². The van der Waals surface area contributed by atoms with Crippen molar-refractivity contribution in [2.75, 3.05) is 0 Å². The van der Waals surface area contributed by atoms with Gasteiger partial charge in [0, 0.05) is 0 Å². The number of benzene rings is 3. The highest BCUT2D eigenvalue weighted by atomic mass is 16.5. The Morgan fingerprint density at radius 1 is 0.667 bits per heavy atom. The van der Waals surface area contributed by atoms with Crippen LogP contribution in [-0.4, -0.2) is 5.97 Å². The van der Waals surface area contributed by atoms with Crippen molar-refractivity contribution >= 4 is 5.97 Å². The van der Waals surface area contributed by atoms with Crippen LogP contribution in [0.25, 0.3) is 11.1 Å². The van der Waals surface area contributed by atoms with Gasteiger partial charge in [0.15, 0.2) is 0 Å². The van der Waals surface area contributed by atoms with E-state index in [9.17, 15) is 4.79 Å². The third-order valence-electron chi connectivity index (χ3n) is 4.62. The molecule has 138 valence electrons. The summed E-state index contributed by atoms with van der Waals surface area (Å²) in [5.41, 5.74) is 5.41. The average Bonchev–Trinajstić information content (AvgIpc) is 2.71. The molecule has 0 amide bonds. The number of esters is 1. The molecule has 3 aromatic rings. The first kappa shape index (κ1) is 18.9. The molecule has 2 nitrogen and oxygen atoms in total. The molecule has 0 atom stereocenters. The summed E-state index contributed by atoms with van der Waals surface area (Å²) in [6.45, 7) is 4.34. The van der Waals surface area contributed by atoms with E-state index in [1.165, 1.54) is 11.1 Å². The molecule has 0 bridgehead atoms. The summed E-state index contributed by atoms with van der Waals surface area (Å²) in [4.78, 5) is 12.4. The van der Waals surface area contributed by atoms with E-state index in [0.717, 1.165) is 36.8 Å². The second kappa shape index (κ2) is 9.18. The Morgan fingerprint density at radius 2 is 1.11 bits per heavy atom. The number of aryl methyl sites for hydroxylation is 2. The van der Waals surface area contributed by atoms with Crippen LogP contribution in [0.15, 0.2) is 72.8 Å². The number of rotatable bonds is 7. The Labute approximate surface area is 161 Å². The highest BCUT2D eigenvalue weighted by Gasteiger charge is 2.09. The van der Waals surface area contributed by atoms with Gasteiger partial charge in [-0.3, -0.25) is 0 Å². The van der Waals surface area contributed by atoms with E-state index >= 15 is 0 Å². The van der Waals surface area contributed by atoms with Crippen molar-refractivity contribution in [3.05, 3.63) is 89.5 Å². The molecule has 0 N–H and O–H groups in total. The van der Waals surface area contributed by atoms with Gasteiger partial charge in [-0.05, 0) is 59.4 Å². The fourth-order valence-electron chi connectivity index (χ4n) is 3.13. The van der Waals surface area contributed by atoms with Crippen molar-refractivity contribution < 1.29 is 9.53 Å². The summed E-state index contributed by atoms with van der Waals surface area (Å²) in [6, 6.07) is 23.9. The lowest BCUT2D eigenvalue weighted by Gasteiger charge is -2.07. The quantitative estimate of drug-likeness (QED) is 0.357. The molecular formula is C25H26O2. The van der Waals surface area contributed by atoms with Crippen LogP contribution in [0.4, 0.5) is 0 Å². The minimum atomic E-state index is -0.330. The molecule has 0 aromatic heterocycles. The Bertz CT molecular complexity index is 860. The van der Waals surface area contributed by atoms with Gasteiger partial charge < -0.3 is 4.74 Å². The Hall–Kier alpha value is -2.87. The average molecular weight is 358 g/mol. The van der Waals surface area contributed by atoms with E-state index in [1.54, 1.807) is 0 Å². The zero-order valence-electron chi connectivity index (χ0n) is 16.1. The van der Waals surface area contributed by atoms with E-state index in [2.05, 4.69) is 38.1 Å². The second-order valence-electron chi connectivity index (χ2n) is 6.81. The molecule has 0 aliphatic carbocycles. The molecule has 0 spiro atoms. The molecule has 3 rings (SSSR count). The maximum absolute atomic E-state index is 12.4. The topological polar surface area (TPSA) is 26.3 Å². The van der Waals surface area contributed by atoms with E-state index in [4.69, 9.17) is 4.74 Å². The minimum absolute atomic E-state index is 0.330. The van der Waals surface area contributed by atoms with Gasteiger partial charge in [-0.2, -0.15) is 0 Å².